The number of anilines is 1. The molecule has 0 aliphatic carbocycles. The van der Waals surface area contributed by atoms with E-state index < -0.39 is 0 Å². The van der Waals surface area contributed by atoms with Crippen molar-refractivity contribution in [2.45, 2.75) is 26.2 Å². The first kappa shape index (κ1) is 20.5. The number of nitrogens with zero attached hydrogens (tertiary/aromatic N) is 2. The van der Waals surface area contributed by atoms with Gasteiger partial charge in [0.1, 0.15) is 5.75 Å². The normalized spacial score (nSPS) is 18.6. The van der Waals surface area contributed by atoms with Crippen molar-refractivity contribution < 1.29 is 14.3 Å². The molecule has 1 saturated heterocycles. The molecule has 1 atom stereocenters. The molecular formula is C20H33N3O3. The molecule has 0 spiro atoms. The predicted molar refractivity (Wildman–Crippen MR) is 105 cm³/mol. The van der Waals surface area contributed by atoms with Gasteiger partial charge in [0.25, 0.3) is 0 Å². The van der Waals surface area contributed by atoms with E-state index in [-0.39, 0.29) is 11.4 Å². The monoisotopic (exact) mass is 363 g/mol. The minimum Gasteiger partial charge on any atom is -0.495 e. The number of ether oxygens (including phenoxy) is 2. The number of benzene rings is 1. The highest BCUT2D eigenvalue weighted by molar-refractivity contribution is 5.91. The highest BCUT2D eigenvalue weighted by Crippen LogP contribution is 2.31. The number of nitrogens with one attached hydrogen (secondary N) is 1. The van der Waals surface area contributed by atoms with Gasteiger partial charge in [0.05, 0.1) is 26.0 Å². The Labute approximate surface area is 157 Å². The molecule has 2 rings (SSSR count). The first-order valence-electron chi connectivity index (χ1n) is 9.17. The predicted octanol–water partition coefficient (Wildman–Crippen LogP) is 3.03. The van der Waals surface area contributed by atoms with Gasteiger partial charge < -0.3 is 24.6 Å². The molecule has 1 heterocycles. The fourth-order valence-corrected chi connectivity index (χ4v) is 3.16. The lowest BCUT2D eigenvalue weighted by Gasteiger charge is -2.26. The van der Waals surface area contributed by atoms with Gasteiger partial charge in [-0.25, -0.2) is 4.79 Å². The highest BCUT2D eigenvalue weighted by atomic mass is 16.5. The smallest absolute Gasteiger partial charge is 0.322 e. The summed E-state index contributed by atoms with van der Waals surface area (Å²) in [6.45, 7) is 9.88. The summed E-state index contributed by atoms with van der Waals surface area (Å²) in [6, 6.07) is 5.85. The molecule has 26 heavy (non-hydrogen) atoms. The van der Waals surface area contributed by atoms with E-state index in [2.05, 4.69) is 31.0 Å². The minimum absolute atomic E-state index is 0.000993. The number of amides is 2. The Morgan fingerprint density at radius 2 is 2.12 bits per heavy atom. The third-order valence-corrected chi connectivity index (χ3v) is 4.56. The molecule has 1 aromatic rings. The molecule has 0 bridgehead atoms. The van der Waals surface area contributed by atoms with Crippen LogP contribution in [0.3, 0.4) is 0 Å². The SMILES string of the molecule is COc1ccc(C(C)(C)C)cc1NC(=O)N1CCOC[C@H](CN(C)C)C1. The number of methoxy groups -OCH3 is 1. The van der Waals surface area contributed by atoms with Crippen molar-refractivity contribution in [1.82, 2.24) is 9.80 Å². The summed E-state index contributed by atoms with van der Waals surface area (Å²) >= 11 is 0. The largest absolute Gasteiger partial charge is 0.495 e. The summed E-state index contributed by atoms with van der Waals surface area (Å²) in [7, 11) is 5.70. The zero-order valence-electron chi connectivity index (χ0n) is 17.0. The van der Waals surface area contributed by atoms with Crippen LogP contribution in [0.25, 0.3) is 0 Å². The van der Waals surface area contributed by atoms with E-state index in [1.807, 2.05) is 37.2 Å². The topological polar surface area (TPSA) is 54.0 Å². The molecule has 0 aromatic heterocycles. The van der Waals surface area contributed by atoms with E-state index in [9.17, 15) is 4.79 Å². The van der Waals surface area contributed by atoms with Gasteiger partial charge >= 0.3 is 6.03 Å². The summed E-state index contributed by atoms with van der Waals surface area (Å²) in [5, 5.41) is 3.04. The van der Waals surface area contributed by atoms with Crippen LogP contribution in [0.1, 0.15) is 26.3 Å². The summed E-state index contributed by atoms with van der Waals surface area (Å²) in [6.07, 6.45) is 0. The van der Waals surface area contributed by atoms with Gasteiger partial charge in [-0.3, -0.25) is 0 Å². The minimum atomic E-state index is -0.108. The van der Waals surface area contributed by atoms with Crippen LogP contribution in [-0.2, 0) is 10.2 Å². The summed E-state index contributed by atoms with van der Waals surface area (Å²) in [5.41, 5.74) is 1.86. The van der Waals surface area contributed by atoms with E-state index in [0.717, 1.165) is 12.1 Å². The average Bonchev–Trinajstić information content (AvgIpc) is 2.79. The molecule has 1 aliphatic rings. The fraction of sp³-hybridized carbons (Fsp3) is 0.650. The van der Waals surface area contributed by atoms with E-state index in [0.29, 0.717) is 43.7 Å². The van der Waals surface area contributed by atoms with E-state index in [4.69, 9.17) is 9.47 Å². The fourth-order valence-electron chi connectivity index (χ4n) is 3.16. The van der Waals surface area contributed by atoms with Crippen LogP contribution in [0.15, 0.2) is 18.2 Å². The maximum Gasteiger partial charge on any atom is 0.322 e. The van der Waals surface area contributed by atoms with E-state index in [1.165, 1.54) is 0 Å². The molecule has 0 saturated carbocycles. The third-order valence-electron chi connectivity index (χ3n) is 4.56. The Hall–Kier alpha value is -1.79. The first-order valence-corrected chi connectivity index (χ1v) is 9.17. The standard InChI is InChI=1S/C20H33N3O3/c1-20(2,3)16-7-8-18(25-6)17(11-16)21-19(24)23-9-10-26-14-15(13-23)12-22(4)5/h7-8,11,15H,9-10,12-14H2,1-6H3,(H,21,24)/t15-/m1/s1. The first-order chi connectivity index (χ1) is 12.2. The molecular weight excluding hydrogens is 330 g/mol. The van der Waals surface area contributed by atoms with Crippen LogP contribution >= 0.6 is 0 Å². The Morgan fingerprint density at radius 3 is 2.73 bits per heavy atom. The van der Waals surface area contributed by atoms with Gasteiger partial charge in [-0.2, -0.15) is 0 Å². The maximum absolute atomic E-state index is 12.9. The lowest BCUT2D eigenvalue weighted by Crippen LogP contribution is -2.41. The van der Waals surface area contributed by atoms with Gasteiger partial charge in [-0.05, 0) is 37.2 Å². The second-order valence-electron chi connectivity index (χ2n) is 8.24. The summed E-state index contributed by atoms with van der Waals surface area (Å²) in [4.78, 5) is 16.8. The van der Waals surface area contributed by atoms with E-state index >= 15 is 0 Å². The molecule has 1 fully saturated rings. The molecule has 0 unspecified atom stereocenters. The zero-order chi connectivity index (χ0) is 19.3. The van der Waals surface area contributed by atoms with Gasteiger partial charge in [-0.15, -0.1) is 0 Å². The van der Waals surface area contributed by atoms with Gasteiger partial charge in [0.15, 0.2) is 0 Å². The number of rotatable bonds is 4. The lowest BCUT2D eigenvalue weighted by molar-refractivity contribution is 0.112. The summed E-state index contributed by atoms with van der Waals surface area (Å²) in [5.74, 6) is 0.975. The maximum atomic E-state index is 12.9. The van der Waals surface area contributed by atoms with Gasteiger partial charge in [0, 0.05) is 25.6 Å². The number of hydrogen-bond donors (Lipinski definition) is 1. The molecule has 1 aliphatic heterocycles. The Balaban J connectivity index is 2.14. The van der Waals surface area contributed by atoms with Crippen LogP contribution in [0.2, 0.25) is 0 Å². The van der Waals surface area contributed by atoms with Crippen LogP contribution in [0.4, 0.5) is 10.5 Å². The molecule has 6 nitrogen and oxygen atoms in total. The second-order valence-corrected chi connectivity index (χ2v) is 8.24. The third kappa shape index (κ3) is 5.61. The van der Waals surface area contributed by atoms with Crippen molar-refractivity contribution in [2.75, 3.05) is 59.4 Å². The van der Waals surface area contributed by atoms with Crippen molar-refractivity contribution in [3.8, 4) is 5.75 Å². The Kier molecular flexibility index (Phi) is 6.89. The second kappa shape index (κ2) is 8.73. The van der Waals surface area contributed by atoms with Gasteiger partial charge in [0.2, 0.25) is 0 Å². The molecule has 146 valence electrons. The van der Waals surface area contributed by atoms with Crippen molar-refractivity contribution >= 4 is 11.7 Å². The molecule has 2 amide bonds. The van der Waals surface area contributed by atoms with Crippen molar-refractivity contribution in [3.05, 3.63) is 23.8 Å². The number of hydrogen-bond acceptors (Lipinski definition) is 4. The van der Waals surface area contributed by atoms with Crippen molar-refractivity contribution in [3.63, 3.8) is 0 Å². The van der Waals surface area contributed by atoms with Gasteiger partial charge in [-0.1, -0.05) is 26.8 Å². The summed E-state index contributed by atoms with van der Waals surface area (Å²) < 4.78 is 11.1. The zero-order valence-corrected chi connectivity index (χ0v) is 17.0. The van der Waals surface area contributed by atoms with Crippen LogP contribution in [0, 0.1) is 5.92 Å². The molecule has 1 aromatic carbocycles. The van der Waals surface area contributed by atoms with Crippen LogP contribution in [0.5, 0.6) is 5.75 Å². The Morgan fingerprint density at radius 1 is 1.38 bits per heavy atom. The highest BCUT2D eigenvalue weighted by Gasteiger charge is 2.24. The Bertz CT molecular complexity index is 611. The quantitative estimate of drug-likeness (QED) is 0.893. The van der Waals surface area contributed by atoms with Crippen molar-refractivity contribution in [2.24, 2.45) is 5.92 Å². The molecule has 6 heteroatoms. The van der Waals surface area contributed by atoms with E-state index in [1.54, 1.807) is 7.11 Å². The molecule has 1 N–H and O–H groups in total. The lowest BCUT2D eigenvalue weighted by atomic mass is 9.87. The van der Waals surface area contributed by atoms with Crippen LogP contribution < -0.4 is 10.1 Å². The number of carbonyl (C=O) groups excluding carboxylic acids is 1. The molecule has 0 radical (unpaired) electrons. The van der Waals surface area contributed by atoms with Crippen molar-refractivity contribution in [1.29, 1.82) is 0 Å². The number of urea groups is 1. The number of carbonyl (C=O) groups is 1. The average molecular weight is 364 g/mol. The van der Waals surface area contributed by atoms with Crippen LogP contribution in [-0.4, -0.2) is 69.9 Å².